The van der Waals surface area contributed by atoms with Crippen LogP contribution in [0.25, 0.3) is 0 Å². The Kier molecular flexibility index (Phi) is 8.21. The summed E-state index contributed by atoms with van der Waals surface area (Å²) in [6.45, 7) is 22.7. The maximum atomic E-state index is 7.78. The minimum absolute atomic E-state index is 0.406. The average Bonchev–Trinajstić information content (AvgIpc) is 3.28. The minimum atomic E-state index is -3.02. The quantitative estimate of drug-likeness (QED) is 0.154. The van der Waals surface area contributed by atoms with Gasteiger partial charge in [0.15, 0.2) is 11.5 Å². The van der Waals surface area contributed by atoms with E-state index in [1.807, 2.05) is 0 Å². The second-order valence-corrected chi connectivity index (χ2v) is 24.9. The lowest BCUT2D eigenvalue weighted by atomic mass is 9.65. The minimum Gasteiger partial charge on any atom is -0.453 e. The molecule has 7 heteroatoms. The van der Waals surface area contributed by atoms with Crippen molar-refractivity contribution in [3.63, 3.8) is 0 Å². The molecule has 5 nitrogen and oxygen atoms in total. The SMILES string of the molecule is Cc1ccc(N(c2ccc(C)cc2)c2cc3c4c5c2Oc2cc(C)cc6c2P5(=S)c2c(c(N(c5ccc(C)cc5)c5ccc(C)cc5)cc5c2N4c2c(cc(C)cc2C5(C)C)C3(C)C)O6)cc1. The molecule has 0 amide bonds. The average molecular weight is 910 g/mol. The molecule has 330 valence electrons. The zero-order chi connectivity index (χ0) is 46.2. The largest absolute Gasteiger partial charge is 0.453 e. The molecule has 0 atom stereocenters. The first kappa shape index (κ1) is 40.7. The van der Waals surface area contributed by atoms with Crippen LogP contribution in [0.3, 0.4) is 0 Å². The topological polar surface area (TPSA) is 28.2 Å². The second kappa shape index (κ2) is 13.5. The lowest BCUT2D eigenvalue weighted by Gasteiger charge is -2.56. The molecule has 0 N–H and O–H groups in total. The smallest absolute Gasteiger partial charge is 0.162 e. The normalized spacial score (nSPS) is 15.9. The highest BCUT2D eigenvalue weighted by Crippen LogP contribution is 2.73. The van der Waals surface area contributed by atoms with Gasteiger partial charge in [0.05, 0.1) is 50.4 Å². The van der Waals surface area contributed by atoms with Crippen LogP contribution in [-0.2, 0) is 22.6 Å². The Morgan fingerprint density at radius 2 is 0.716 bits per heavy atom. The van der Waals surface area contributed by atoms with Crippen molar-refractivity contribution in [2.45, 2.75) is 80.1 Å². The monoisotopic (exact) mass is 909 g/mol. The highest BCUT2D eigenvalue weighted by Gasteiger charge is 2.59. The van der Waals surface area contributed by atoms with E-state index in [9.17, 15) is 0 Å². The van der Waals surface area contributed by atoms with Gasteiger partial charge in [0, 0.05) is 33.6 Å². The van der Waals surface area contributed by atoms with Crippen molar-refractivity contribution in [3.05, 3.63) is 189 Å². The number of hydrogen-bond acceptors (Lipinski definition) is 6. The molecule has 0 unspecified atom stereocenters. The molecule has 5 heterocycles. The summed E-state index contributed by atoms with van der Waals surface area (Å²) in [5.74, 6) is 3.22. The Bertz CT molecular complexity index is 3240. The predicted octanol–water partition coefficient (Wildman–Crippen LogP) is 15.5. The first-order valence-electron chi connectivity index (χ1n) is 23.4. The lowest BCUT2D eigenvalue weighted by molar-refractivity contribution is 0.465. The summed E-state index contributed by atoms with van der Waals surface area (Å²) in [4.78, 5) is 7.41. The molecular weight excluding hydrogens is 858 g/mol. The number of rotatable bonds is 6. The summed E-state index contributed by atoms with van der Waals surface area (Å²) in [7, 11) is 0. The van der Waals surface area contributed by atoms with Crippen molar-refractivity contribution in [2.75, 3.05) is 14.7 Å². The fourth-order valence-electron chi connectivity index (χ4n) is 11.7. The lowest BCUT2D eigenvalue weighted by Crippen LogP contribution is -2.50. The van der Waals surface area contributed by atoms with Gasteiger partial charge in [0.25, 0.3) is 0 Å². The van der Waals surface area contributed by atoms with Gasteiger partial charge in [-0.05, 0) is 142 Å². The summed E-state index contributed by atoms with van der Waals surface area (Å²) in [6.07, 6.45) is 0. The predicted molar refractivity (Wildman–Crippen MR) is 283 cm³/mol. The van der Waals surface area contributed by atoms with Gasteiger partial charge in [0.1, 0.15) is 11.5 Å². The van der Waals surface area contributed by atoms with Gasteiger partial charge in [-0.1, -0.05) is 128 Å². The molecule has 0 aliphatic carbocycles. The van der Waals surface area contributed by atoms with Gasteiger partial charge in [-0.25, -0.2) is 0 Å². The van der Waals surface area contributed by atoms with Gasteiger partial charge < -0.3 is 24.2 Å². The van der Waals surface area contributed by atoms with Crippen molar-refractivity contribution in [2.24, 2.45) is 0 Å². The van der Waals surface area contributed by atoms with Crippen LogP contribution in [0.1, 0.15) is 83.3 Å². The van der Waals surface area contributed by atoms with E-state index in [0.717, 1.165) is 78.6 Å². The van der Waals surface area contributed by atoms with Crippen molar-refractivity contribution in [1.29, 1.82) is 0 Å². The van der Waals surface area contributed by atoms with Crippen LogP contribution < -0.4 is 40.1 Å². The maximum absolute atomic E-state index is 7.78. The Labute approximate surface area is 399 Å². The van der Waals surface area contributed by atoms with Crippen molar-refractivity contribution in [1.82, 2.24) is 0 Å². The summed E-state index contributed by atoms with van der Waals surface area (Å²) in [5.41, 5.74) is 21.2. The van der Waals surface area contributed by atoms with Crippen LogP contribution in [0, 0.1) is 41.5 Å². The molecule has 0 aromatic heterocycles. The van der Waals surface area contributed by atoms with Crippen molar-refractivity contribution < 1.29 is 9.47 Å². The molecule has 5 aliphatic rings. The highest BCUT2D eigenvalue weighted by atomic mass is 32.4. The number of ether oxygens (including phenoxy) is 2. The van der Waals surface area contributed by atoms with Gasteiger partial charge in [-0.15, -0.1) is 0 Å². The van der Waals surface area contributed by atoms with E-state index in [0.29, 0.717) is 0 Å². The Balaban J connectivity index is 1.23. The zero-order valence-electron chi connectivity index (χ0n) is 39.7. The van der Waals surface area contributed by atoms with E-state index < -0.39 is 16.9 Å². The fraction of sp³-hybridized carbons (Fsp3) is 0.200. The Morgan fingerprint density at radius 1 is 0.403 bits per heavy atom. The zero-order valence-corrected chi connectivity index (χ0v) is 41.4. The molecule has 8 aromatic rings. The Hall–Kier alpha value is -6.59. The van der Waals surface area contributed by atoms with Crippen LogP contribution in [0.5, 0.6) is 23.0 Å². The first-order chi connectivity index (χ1) is 32.0. The van der Waals surface area contributed by atoms with E-state index in [-0.39, 0.29) is 0 Å². The molecule has 67 heavy (non-hydrogen) atoms. The number of anilines is 9. The maximum Gasteiger partial charge on any atom is 0.162 e. The van der Waals surface area contributed by atoms with E-state index >= 15 is 0 Å². The summed E-state index contributed by atoms with van der Waals surface area (Å²) in [6, 6.07) is 46.6. The molecule has 0 saturated heterocycles. The molecular formula is C60H52N3O2PS. The molecule has 0 spiro atoms. The number of nitrogens with zero attached hydrogens (tertiary/aromatic N) is 3. The summed E-state index contributed by atoms with van der Waals surface area (Å²) in [5, 5.41) is 3.23. The van der Waals surface area contributed by atoms with Gasteiger partial charge in [0.2, 0.25) is 0 Å². The third-order valence-electron chi connectivity index (χ3n) is 15.2. The number of hydrogen-bond donors (Lipinski definition) is 0. The van der Waals surface area contributed by atoms with Crippen molar-refractivity contribution in [3.8, 4) is 23.0 Å². The number of benzene rings is 8. The van der Waals surface area contributed by atoms with Crippen LogP contribution in [0.15, 0.2) is 133 Å². The van der Waals surface area contributed by atoms with E-state index in [4.69, 9.17) is 21.3 Å². The molecule has 0 fully saturated rings. The fourth-order valence-corrected chi connectivity index (χ4v) is 16.7. The van der Waals surface area contributed by atoms with Crippen LogP contribution >= 0.6 is 6.04 Å². The number of aryl methyl sites for hydroxylation is 6. The molecule has 0 bridgehead atoms. The van der Waals surface area contributed by atoms with Gasteiger partial charge >= 0.3 is 0 Å². The van der Waals surface area contributed by atoms with Crippen LogP contribution in [0.4, 0.5) is 51.2 Å². The molecule has 0 saturated carbocycles. The molecule has 5 aliphatic heterocycles. The van der Waals surface area contributed by atoms with Crippen molar-refractivity contribution >= 4 is 84.9 Å². The molecule has 8 aromatic carbocycles. The summed E-state index contributed by atoms with van der Waals surface area (Å²) < 4.78 is 15.1. The summed E-state index contributed by atoms with van der Waals surface area (Å²) >= 11 is 7.78. The molecule has 0 radical (unpaired) electrons. The van der Waals surface area contributed by atoms with E-state index in [2.05, 4.69) is 217 Å². The molecule has 13 rings (SSSR count). The Morgan fingerprint density at radius 3 is 1.06 bits per heavy atom. The van der Waals surface area contributed by atoms with Gasteiger partial charge in [-0.2, -0.15) is 0 Å². The van der Waals surface area contributed by atoms with E-state index in [1.165, 1.54) is 67.1 Å². The third-order valence-corrected chi connectivity index (χ3v) is 20.0. The third kappa shape index (κ3) is 5.34. The second-order valence-electron chi connectivity index (χ2n) is 20.7. The first-order valence-corrected chi connectivity index (χ1v) is 26.2. The van der Waals surface area contributed by atoms with Gasteiger partial charge in [-0.3, -0.25) is 0 Å². The van der Waals surface area contributed by atoms with Crippen LogP contribution in [-0.4, -0.2) is 0 Å². The van der Waals surface area contributed by atoms with Crippen LogP contribution in [0.2, 0.25) is 0 Å². The standard InChI is InChI=1S/C60H52N3O2PS/c1-33-11-19-39(20-12-33)61(40-21-13-34(2)14-22-40)47-31-45-52-57-54(47)64-49-29-38(6)30-50-56(49)66(57,67)58-53-46(60(9,10)44-28-37(5)27-43(59(45,7)8)51(44)63(52)53)32-48(55(58)65-50)62(41-23-15-35(3)16-24-41)42-25-17-36(4)18-26-42/h11-32H,1-10H3. The highest BCUT2D eigenvalue weighted by molar-refractivity contribution is 8.26. The van der Waals surface area contributed by atoms with E-state index in [1.54, 1.807) is 0 Å².